The molecule has 4 aromatic rings. The number of aromatic nitrogens is 2. The number of thiazole rings is 1. The summed E-state index contributed by atoms with van der Waals surface area (Å²) in [4.78, 5) is 23.7. The minimum atomic E-state index is 0.108. The second-order valence-electron chi connectivity index (χ2n) is 7.85. The number of likely N-dealkylation sites (tertiary alicyclic amines) is 1. The van der Waals surface area contributed by atoms with Crippen LogP contribution in [0.4, 0.5) is 10.9 Å². The average Bonchev–Trinajstić information content (AvgIpc) is 3.25. The van der Waals surface area contributed by atoms with Gasteiger partial charge in [0.25, 0.3) is 5.91 Å². The van der Waals surface area contributed by atoms with E-state index in [1.54, 1.807) is 6.07 Å². The standard InChI is InChI=1S/C25H21N5OS/c26-16-17-6-7-21-22(14-17)32-25(28-21)29-23-15-20(8-11-27-23)18-9-12-30(13-10-18)24(31)19-4-2-1-3-5-19/h1-8,11,14-15,18H,9-10,12-13H2,(H,27,28,29). The SMILES string of the molecule is N#Cc1ccc2nc(Nc3cc(C4CCN(C(=O)c5ccccc5)CC4)ccn3)sc2c1. The Balaban J connectivity index is 1.26. The number of amides is 1. The van der Waals surface area contributed by atoms with Crippen LogP contribution in [0.25, 0.3) is 10.2 Å². The lowest BCUT2D eigenvalue weighted by molar-refractivity contribution is 0.0713. The molecular formula is C25H21N5OS. The molecule has 0 atom stereocenters. The number of piperidine rings is 1. The smallest absolute Gasteiger partial charge is 0.253 e. The number of fused-ring (bicyclic) bond motifs is 1. The average molecular weight is 440 g/mol. The number of benzene rings is 2. The van der Waals surface area contributed by atoms with Gasteiger partial charge in [0.05, 0.1) is 21.8 Å². The van der Waals surface area contributed by atoms with Crippen LogP contribution in [0.15, 0.2) is 66.9 Å². The van der Waals surface area contributed by atoms with Crippen molar-refractivity contribution in [2.45, 2.75) is 18.8 Å². The van der Waals surface area contributed by atoms with Crippen molar-refractivity contribution >= 4 is 38.4 Å². The van der Waals surface area contributed by atoms with Gasteiger partial charge in [-0.05, 0) is 66.8 Å². The van der Waals surface area contributed by atoms with E-state index >= 15 is 0 Å². The fraction of sp³-hybridized carbons (Fsp3) is 0.200. The zero-order chi connectivity index (χ0) is 21.9. The summed E-state index contributed by atoms with van der Waals surface area (Å²) in [5.41, 5.74) is 3.47. The van der Waals surface area contributed by atoms with E-state index in [2.05, 4.69) is 33.5 Å². The van der Waals surface area contributed by atoms with E-state index in [1.165, 1.54) is 16.9 Å². The van der Waals surface area contributed by atoms with Gasteiger partial charge >= 0.3 is 0 Å². The molecule has 0 unspecified atom stereocenters. The maximum absolute atomic E-state index is 12.7. The topological polar surface area (TPSA) is 81.9 Å². The summed E-state index contributed by atoms with van der Waals surface area (Å²) >= 11 is 1.51. The van der Waals surface area contributed by atoms with Gasteiger partial charge in [0.2, 0.25) is 0 Å². The number of pyridine rings is 1. The Bertz CT molecular complexity index is 1300. The third-order valence-electron chi connectivity index (χ3n) is 5.81. The normalized spacial score (nSPS) is 14.3. The Morgan fingerprint density at radius 3 is 2.69 bits per heavy atom. The second kappa shape index (κ2) is 8.77. The molecule has 1 fully saturated rings. The minimum Gasteiger partial charge on any atom is -0.339 e. The molecule has 0 bridgehead atoms. The molecule has 158 valence electrons. The Morgan fingerprint density at radius 1 is 1.09 bits per heavy atom. The van der Waals surface area contributed by atoms with E-state index < -0.39 is 0 Å². The molecule has 6 nitrogen and oxygen atoms in total. The van der Waals surface area contributed by atoms with Gasteiger partial charge in [-0.2, -0.15) is 5.26 Å². The van der Waals surface area contributed by atoms with Gasteiger partial charge in [-0.1, -0.05) is 29.5 Å². The molecule has 2 aromatic carbocycles. The number of carbonyl (C=O) groups excluding carboxylic acids is 1. The zero-order valence-corrected chi connectivity index (χ0v) is 18.2. The third kappa shape index (κ3) is 4.18. The number of nitrogens with one attached hydrogen (secondary N) is 1. The van der Waals surface area contributed by atoms with Gasteiger partial charge < -0.3 is 10.2 Å². The highest BCUT2D eigenvalue weighted by Crippen LogP contribution is 2.32. The molecule has 2 aromatic heterocycles. The Morgan fingerprint density at radius 2 is 1.91 bits per heavy atom. The predicted octanol–water partition coefficient (Wildman–Crippen LogP) is 5.33. The first-order valence-electron chi connectivity index (χ1n) is 10.6. The Kier molecular flexibility index (Phi) is 5.53. The molecule has 32 heavy (non-hydrogen) atoms. The van der Waals surface area contributed by atoms with Crippen LogP contribution in [-0.4, -0.2) is 33.9 Å². The van der Waals surface area contributed by atoms with Crippen LogP contribution in [0.3, 0.4) is 0 Å². The summed E-state index contributed by atoms with van der Waals surface area (Å²) in [6.45, 7) is 1.51. The molecule has 0 spiro atoms. The summed E-state index contributed by atoms with van der Waals surface area (Å²) in [6, 6.07) is 21.3. The number of nitriles is 1. The lowest BCUT2D eigenvalue weighted by atomic mass is 9.89. The molecule has 0 aliphatic carbocycles. The molecule has 3 heterocycles. The van der Waals surface area contributed by atoms with E-state index in [9.17, 15) is 4.79 Å². The van der Waals surface area contributed by atoms with Crippen molar-refractivity contribution in [3.63, 3.8) is 0 Å². The molecule has 1 saturated heterocycles. The molecule has 0 saturated carbocycles. The van der Waals surface area contributed by atoms with Gasteiger partial charge in [-0.3, -0.25) is 4.79 Å². The van der Waals surface area contributed by atoms with Gasteiger partial charge in [-0.25, -0.2) is 9.97 Å². The van der Waals surface area contributed by atoms with Crippen LogP contribution in [0, 0.1) is 11.3 Å². The number of rotatable bonds is 4. The van der Waals surface area contributed by atoms with Crippen LogP contribution < -0.4 is 5.32 Å². The number of hydrogen-bond donors (Lipinski definition) is 1. The quantitative estimate of drug-likeness (QED) is 0.465. The molecular weight excluding hydrogens is 418 g/mol. The van der Waals surface area contributed by atoms with Crippen molar-refractivity contribution < 1.29 is 4.79 Å². The zero-order valence-electron chi connectivity index (χ0n) is 17.4. The highest BCUT2D eigenvalue weighted by atomic mass is 32.1. The van der Waals surface area contributed by atoms with Gasteiger partial charge in [-0.15, -0.1) is 0 Å². The Hall–Kier alpha value is -3.76. The largest absolute Gasteiger partial charge is 0.339 e. The molecule has 1 N–H and O–H groups in total. The monoisotopic (exact) mass is 439 g/mol. The van der Waals surface area contributed by atoms with E-state index in [1.807, 2.05) is 53.6 Å². The number of carbonyl (C=O) groups is 1. The summed E-state index contributed by atoms with van der Waals surface area (Å²) in [6.07, 6.45) is 3.68. The number of hydrogen-bond acceptors (Lipinski definition) is 6. The molecule has 7 heteroatoms. The second-order valence-corrected chi connectivity index (χ2v) is 8.88. The first kappa shape index (κ1) is 20.2. The summed E-state index contributed by atoms with van der Waals surface area (Å²) in [5, 5.41) is 13.1. The summed E-state index contributed by atoms with van der Waals surface area (Å²) < 4.78 is 0.971. The van der Waals surface area contributed by atoms with E-state index in [4.69, 9.17) is 5.26 Å². The van der Waals surface area contributed by atoms with Crippen LogP contribution in [0.2, 0.25) is 0 Å². The van der Waals surface area contributed by atoms with Crippen LogP contribution >= 0.6 is 11.3 Å². The lowest BCUT2D eigenvalue weighted by Gasteiger charge is -2.32. The molecule has 1 amide bonds. The van der Waals surface area contributed by atoms with E-state index in [0.29, 0.717) is 11.5 Å². The van der Waals surface area contributed by atoms with Crippen molar-refractivity contribution in [2.75, 3.05) is 18.4 Å². The first-order chi connectivity index (χ1) is 15.7. The fourth-order valence-electron chi connectivity index (χ4n) is 4.11. The maximum Gasteiger partial charge on any atom is 0.253 e. The first-order valence-corrected chi connectivity index (χ1v) is 11.4. The minimum absolute atomic E-state index is 0.108. The molecule has 1 aliphatic rings. The molecule has 1 aliphatic heterocycles. The molecule has 5 rings (SSSR count). The summed E-state index contributed by atoms with van der Waals surface area (Å²) in [5.74, 6) is 1.26. The van der Waals surface area contributed by atoms with Gasteiger partial charge in [0, 0.05) is 24.8 Å². The Labute approximate surface area is 190 Å². The van der Waals surface area contributed by atoms with Crippen LogP contribution in [0.1, 0.15) is 40.2 Å². The summed E-state index contributed by atoms with van der Waals surface area (Å²) in [7, 11) is 0. The van der Waals surface area contributed by atoms with Crippen molar-refractivity contribution in [1.82, 2.24) is 14.9 Å². The highest BCUT2D eigenvalue weighted by Gasteiger charge is 2.24. The van der Waals surface area contributed by atoms with Crippen LogP contribution in [-0.2, 0) is 0 Å². The van der Waals surface area contributed by atoms with Gasteiger partial charge in [0.15, 0.2) is 5.13 Å². The lowest BCUT2D eigenvalue weighted by Crippen LogP contribution is -2.37. The van der Waals surface area contributed by atoms with Crippen molar-refractivity contribution in [3.05, 3.63) is 83.6 Å². The fourth-order valence-corrected chi connectivity index (χ4v) is 5.02. The van der Waals surface area contributed by atoms with Crippen molar-refractivity contribution in [2.24, 2.45) is 0 Å². The van der Waals surface area contributed by atoms with Gasteiger partial charge in [0.1, 0.15) is 5.82 Å². The third-order valence-corrected chi connectivity index (χ3v) is 6.74. The highest BCUT2D eigenvalue weighted by molar-refractivity contribution is 7.22. The van der Waals surface area contributed by atoms with Crippen molar-refractivity contribution in [3.8, 4) is 6.07 Å². The van der Waals surface area contributed by atoms with E-state index in [-0.39, 0.29) is 5.91 Å². The van der Waals surface area contributed by atoms with Crippen LogP contribution in [0.5, 0.6) is 0 Å². The molecule has 0 radical (unpaired) electrons. The van der Waals surface area contributed by atoms with Crippen molar-refractivity contribution in [1.29, 1.82) is 5.26 Å². The maximum atomic E-state index is 12.7. The predicted molar refractivity (Wildman–Crippen MR) is 126 cm³/mol. The number of anilines is 2. The van der Waals surface area contributed by atoms with E-state index in [0.717, 1.165) is 52.7 Å². The number of nitrogens with zero attached hydrogens (tertiary/aromatic N) is 4.